The summed E-state index contributed by atoms with van der Waals surface area (Å²) in [6.07, 6.45) is -8.51. The minimum Gasteiger partial charge on any atom is -0.325 e. The molecule has 8 heteroatoms. The SMILES string of the molecule is O=c1[nH]c(CCl)cc(C(F)(F)F)c1C(F)F. The van der Waals surface area contributed by atoms with Crippen molar-refractivity contribution in [2.75, 3.05) is 0 Å². The van der Waals surface area contributed by atoms with E-state index in [0.29, 0.717) is 6.07 Å². The van der Waals surface area contributed by atoms with E-state index in [0.717, 1.165) is 0 Å². The van der Waals surface area contributed by atoms with Crippen molar-refractivity contribution in [1.82, 2.24) is 4.98 Å². The van der Waals surface area contributed by atoms with Crippen LogP contribution in [0.25, 0.3) is 0 Å². The summed E-state index contributed by atoms with van der Waals surface area (Å²) in [4.78, 5) is 12.9. The van der Waals surface area contributed by atoms with Gasteiger partial charge in [0.1, 0.15) is 0 Å². The Hall–Kier alpha value is -1.11. The molecule has 2 nitrogen and oxygen atoms in total. The average Bonchev–Trinajstić information content (AvgIpc) is 2.14. The van der Waals surface area contributed by atoms with Crippen LogP contribution in [0.2, 0.25) is 0 Å². The highest BCUT2D eigenvalue weighted by molar-refractivity contribution is 6.16. The predicted octanol–water partition coefficient (Wildman–Crippen LogP) is 3.07. The molecule has 0 fully saturated rings. The molecule has 16 heavy (non-hydrogen) atoms. The summed E-state index contributed by atoms with van der Waals surface area (Å²) < 4.78 is 61.7. The molecular weight excluding hydrogens is 257 g/mol. The number of H-pyrrole nitrogens is 1. The van der Waals surface area contributed by atoms with Gasteiger partial charge >= 0.3 is 6.18 Å². The smallest absolute Gasteiger partial charge is 0.325 e. The number of hydrogen-bond acceptors (Lipinski definition) is 1. The van der Waals surface area contributed by atoms with Gasteiger partial charge in [-0.25, -0.2) is 8.78 Å². The monoisotopic (exact) mass is 261 g/mol. The molecule has 1 N–H and O–H groups in total. The van der Waals surface area contributed by atoms with Gasteiger partial charge in [-0.1, -0.05) is 0 Å². The summed E-state index contributed by atoms with van der Waals surface area (Å²) in [5.74, 6) is -0.401. The van der Waals surface area contributed by atoms with Crippen LogP contribution >= 0.6 is 11.6 Å². The maximum Gasteiger partial charge on any atom is 0.417 e. The Bertz CT molecular complexity index is 439. The minimum atomic E-state index is -5.01. The van der Waals surface area contributed by atoms with Gasteiger partial charge in [0, 0.05) is 5.69 Å². The second-order valence-electron chi connectivity index (χ2n) is 2.88. The maximum absolute atomic E-state index is 12.4. The third-order valence-corrected chi connectivity index (χ3v) is 2.08. The van der Waals surface area contributed by atoms with Crippen LogP contribution in [0.3, 0.4) is 0 Å². The van der Waals surface area contributed by atoms with Crippen LogP contribution in [-0.2, 0) is 12.1 Å². The molecule has 1 rings (SSSR count). The van der Waals surface area contributed by atoms with Crippen molar-refractivity contribution in [3.8, 4) is 0 Å². The van der Waals surface area contributed by atoms with E-state index in [1.54, 1.807) is 0 Å². The van der Waals surface area contributed by atoms with Crippen LogP contribution in [-0.4, -0.2) is 4.98 Å². The van der Waals surface area contributed by atoms with E-state index >= 15 is 0 Å². The van der Waals surface area contributed by atoms with Crippen LogP contribution in [0.4, 0.5) is 22.0 Å². The number of nitrogens with one attached hydrogen (secondary N) is 1. The lowest BCUT2D eigenvalue weighted by molar-refractivity contribution is -0.139. The average molecular weight is 262 g/mol. The highest BCUT2D eigenvalue weighted by Crippen LogP contribution is 2.34. The third-order valence-electron chi connectivity index (χ3n) is 1.80. The van der Waals surface area contributed by atoms with Crippen LogP contribution in [0.5, 0.6) is 0 Å². The van der Waals surface area contributed by atoms with Crippen molar-refractivity contribution in [1.29, 1.82) is 0 Å². The summed E-state index contributed by atoms with van der Waals surface area (Å²) in [5, 5.41) is 0. The van der Waals surface area contributed by atoms with Gasteiger partial charge in [0.25, 0.3) is 12.0 Å². The van der Waals surface area contributed by atoms with Crippen molar-refractivity contribution in [3.63, 3.8) is 0 Å². The van der Waals surface area contributed by atoms with Crippen molar-refractivity contribution in [2.45, 2.75) is 18.5 Å². The predicted molar refractivity (Wildman–Crippen MR) is 46.6 cm³/mol. The summed E-state index contributed by atoms with van der Waals surface area (Å²) in [7, 11) is 0. The van der Waals surface area contributed by atoms with Crippen LogP contribution < -0.4 is 5.56 Å². The van der Waals surface area contributed by atoms with Crippen molar-refractivity contribution < 1.29 is 22.0 Å². The first-order valence-electron chi connectivity index (χ1n) is 3.94. The maximum atomic E-state index is 12.4. The summed E-state index contributed by atoms with van der Waals surface area (Å²) in [6.45, 7) is 0. The Morgan fingerprint density at radius 3 is 2.31 bits per heavy atom. The fraction of sp³-hybridized carbons (Fsp3) is 0.375. The summed E-state index contributed by atoms with van der Waals surface area (Å²) in [6, 6.07) is 0.413. The fourth-order valence-electron chi connectivity index (χ4n) is 1.15. The zero-order chi connectivity index (χ0) is 12.5. The molecule has 0 bridgehead atoms. The first kappa shape index (κ1) is 13.0. The Morgan fingerprint density at radius 2 is 1.94 bits per heavy atom. The second kappa shape index (κ2) is 4.40. The van der Waals surface area contributed by atoms with Crippen LogP contribution in [0, 0.1) is 0 Å². The van der Waals surface area contributed by atoms with Gasteiger partial charge in [-0.3, -0.25) is 4.79 Å². The molecule has 0 aliphatic rings. The van der Waals surface area contributed by atoms with Gasteiger partial charge in [-0.05, 0) is 6.07 Å². The molecule has 90 valence electrons. The van der Waals surface area contributed by atoms with Gasteiger partial charge in [-0.15, -0.1) is 11.6 Å². The molecule has 1 aromatic heterocycles. The highest BCUT2D eigenvalue weighted by Gasteiger charge is 2.37. The van der Waals surface area contributed by atoms with Gasteiger partial charge < -0.3 is 4.98 Å². The second-order valence-corrected chi connectivity index (χ2v) is 3.15. The molecule has 0 atom stereocenters. The number of hydrogen-bond donors (Lipinski definition) is 1. The molecular formula is C8H5ClF5NO. The molecule has 1 heterocycles. The molecule has 0 radical (unpaired) electrons. The topological polar surface area (TPSA) is 32.9 Å². The Balaban J connectivity index is 3.54. The molecule has 0 amide bonds. The lowest BCUT2D eigenvalue weighted by Crippen LogP contribution is -2.22. The Kier molecular flexibility index (Phi) is 3.57. The number of alkyl halides is 6. The van der Waals surface area contributed by atoms with E-state index < -0.39 is 35.2 Å². The number of pyridine rings is 1. The van der Waals surface area contributed by atoms with E-state index in [1.807, 2.05) is 4.98 Å². The molecule has 0 unspecified atom stereocenters. The lowest BCUT2D eigenvalue weighted by atomic mass is 10.1. The third kappa shape index (κ3) is 2.52. The number of halogens is 6. The molecule has 0 saturated heterocycles. The molecule has 0 aromatic carbocycles. The van der Waals surface area contributed by atoms with Gasteiger partial charge in [-0.2, -0.15) is 13.2 Å². The largest absolute Gasteiger partial charge is 0.417 e. The first-order valence-corrected chi connectivity index (χ1v) is 4.48. The van der Waals surface area contributed by atoms with E-state index in [2.05, 4.69) is 0 Å². The van der Waals surface area contributed by atoms with Crippen molar-refractivity contribution in [3.05, 3.63) is 33.2 Å². The van der Waals surface area contributed by atoms with E-state index in [4.69, 9.17) is 11.6 Å². The summed E-state index contributed by atoms with van der Waals surface area (Å²) >= 11 is 5.23. The molecule has 0 aliphatic carbocycles. The zero-order valence-electron chi connectivity index (χ0n) is 7.54. The Labute approximate surface area is 91.0 Å². The summed E-state index contributed by atoms with van der Waals surface area (Å²) in [5.41, 5.74) is -4.97. The van der Waals surface area contributed by atoms with Gasteiger partial charge in [0.2, 0.25) is 0 Å². The minimum absolute atomic E-state index is 0.261. The molecule has 1 aromatic rings. The first-order chi connectivity index (χ1) is 7.27. The van der Waals surface area contributed by atoms with Crippen molar-refractivity contribution in [2.24, 2.45) is 0 Å². The highest BCUT2D eigenvalue weighted by atomic mass is 35.5. The Morgan fingerprint density at radius 1 is 1.38 bits per heavy atom. The quantitative estimate of drug-likeness (QED) is 0.644. The number of aromatic amines is 1. The molecule has 0 spiro atoms. The van der Waals surface area contributed by atoms with E-state index in [9.17, 15) is 26.7 Å². The molecule has 0 aliphatic heterocycles. The number of rotatable bonds is 2. The fourth-order valence-corrected chi connectivity index (χ4v) is 1.29. The van der Waals surface area contributed by atoms with Crippen molar-refractivity contribution >= 4 is 11.6 Å². The van der Waals surface area contributed by atoms with Gasteiger partial charge in [0.15, 0.2) is 0 Å². The normalized spacial score (nSPS) is 12.2. The number of aromatic nitrogens is 1. The van der Waals surface area contributed by atoms with Gasteiger partial charge in [0.05, 0.1) is 17.0 Å². The van der Waals surface area contributed by atoms with E-state index in [1.165, 1.54) is 0 Å². The standard InChI is InChI=1S/C8H5ClF5NO/c9-2-3-1-4(8(12,13)14)5(6(10)11)7(16)15-3/h1,6H,2H2,(H,15,16). The van der Waals surface area contributed by atoms with Crippen LogP contribution in [0.1, 0.15) is 23.2 Å². The zero-order valence-corrected chi connectivity index (χ0v) is 8.29. The lowest BCUT2D eigenvalue weighted by Gasteiger charge is -2.12. The molecule has 0 saturated carbocycles. The van der Waals surface area contributed by atoms with E-state index in [-0.39, 0.29) is 5.69 Å². The van der Waals surface area contributed by atoms with Crippen LogP contribution in [0.15, 0.2) is 10.9 Å².